The van der Waals surface area contributed by atoms with Crippen molar-refractivity contribution < 1.29 is 30.0 Å². The Balaban J connectivity index is 3.54. The van der Waals surface area contributed by atoms with Crippen LogP contribution in [0.1, 0.15) is 11.1 Å². The number of halogens is 3. The fourth-order valence-corrected chi connectivity index (χ4v) is 4.10. The molecule has 0 radical (unpaired) electrons. The average molecular weight is 317 g/mol. The lowest BCUT2D eigenvalue weighted by Gasteiger charge is -2.13. The summed E-state index contributed by atoms with van der Waals surface area (Å²) < 4.78 is 84.4. The first-order valence-corrected chi connectivity index (χ1v) is 8.12. The van der Waals surface area contributed by atoms with E-state index in [-0.39, 0.29) is 5.56 Å². The molecule has 5 nitrogen and oxygen atoms in total. The first kappa shape index (κ1) is 15.9. The van der Waals surface area contributed by atoms with E-state index in [0.29, 0.717) is 12.3 Å². The van der Waals surface area contributed by atoms with Crippen LogP contribution in [0.2, 0.25) is 0 Å². The van der Waals surface area contributed by atoms with Crippen molar-refractivity contribution in [2.75, 3.05) is 6.26 Å². The molecule has 0 fully saturated rings. The monoisotopic (exact) mass is 317 g/mol. The third-order valence-corrected chi connectivity index (χ3v) is 5.00. The zero-order valence-electron chi connectivity index (χ0n) is 9.82. The minimum Gasteiger partial charge on any atom is -0.212 e. The Morgan fingerprint density at radius 1 is 1.11 bits per heavy atom. The maximum atomic E-state index is 12.7. The second-order valence-corrected chi connectivity index (χ2v) is 7.51. The number of sulfonamides is 2. The van der Waals surface area contributed by atoms with Crippen molar-refractivity contribution in [3.63, 3.8) is 0 Å². The van der Waals surface area contributed by atoms with Gasteiger partial charge in [-0.05, 0) is 24.6 Å². The molecule has 1 rings (SSSR count). The van der Waals surface area contributed by atoms with Gasteiger partial charge in [-0.15, -0.1) is 4.13 Å². The SMILES string of the molecule is Cc1ccc(C(F)(F)F)c(S(=O)(=O)NS(C)(=O)=O)c1. The summed E-state index contributed by atoms with van der Waals surface area (Å²) in [7, 11) is -9.02. The van der Waals surface area contributed by atoms with Gasteiger partial charge in [-0.3, -0.25) is 0 Å². The summed E-state index contributed by atoms with van der Waals surface area (Å²) in [6.45, 7) is 1.39. The highest BCUT2D eigenvalue weighted by molar-refractivity contribution is 8.04. The first-order chi connectivity index (χ1) is 8.33. The Hall–Kier alpha value is -1.13. The molecule has 0 unspecified atom stereocenters. The predicted octanol–water partition coefficient (Wildman–Crippen LogP) is 1.25. The molecule has 1 aromatic rings. The Morgan fingerprint density at radius 2 is 1.63 bits per heavy atom. The van der Waals surface area contributed by atoms with E-state index < -0.39 is 36.7 Å². The van der Waals surface area contributed by atoms with Crippen LogP contribution in [-0.4, -0.2) is 23.1 Å². The number of nitrogens with one attached hydrogen (secondary N) is 1. The topological polar surface area (TPSA) is 80.3 Å². The molecule has 0 heterocycles. The molecule has 0 amide bonds. The second kappa shape index (κ2) is 4.76. The molecule has 0 bridgehead atoms. The Labute approximate surface area is 108 Å². The highest BCUT2D eigenvalue weighted by atomic mass is 32.3. The normalized spacial score (nSPS) is 13.5. The van der Waals surface area contributed by atoms with E-state index in [1.165, 1.54) is 11.1 Å². The zero-order chi connectivity index (χ0) is 15.1. The van der Waals surface area contributed by atoms with E-state index in [4.69, 9.17) is 0 Å². The summed E-state index contributed by atoms with van der Waals surface area (Å²) >= 11 is 0. The Bertz CT molecular complexity index is 693. The lowest BCUT2D eigenvalue weighted by molar-refractivity contribution is -0.139. The number of hydrogen-bond acceptors (Lipinski definition) is 4. The van der Waals surface area contributed by atoms with E-state index >= 15 is 0 Å². The molecule has 1 aromatic carbocycles. The van der Waals surface area contributed by atoms with Gasteiger partial charge >= 0.3 is 6.18 Å². The molecule has 0 saturated heterocycles. The molecule has 0 atom stereocenters. The van der Waals surface area contributed by atoms with Crippen LogP contribution in [0.15, 0.2) is 23.1 Å². The second-order valence-electron chi connectivity index (χ2n) is 3.86. The molecule has 19 heavy (non-hydrogen) atoms. The Morgan fingerprint density at radius 3 is 2.05 bits per heavy atom. The molecule has 0 aromatic heterocycles. The number of alkyl halides is 3. The van der Waals surface area contributed by atoms with Crippen LogP contribution >= 0.6 is 0 Å². The molecular formula is C9H10F3NO4S2. The third-order valence-electron chi connectivity index (χ3n) is 1.99. The van der Waals surface area contributed by atoms with Gasteiger partial charge in [0.1, 0.15) is 0 Å². The van der Waals surface area contributed by atoms with Gasteiger partial charge in [0.25, 0.3) is 10.0 Å². The van der Waals surface area contributed by atoms with Crippen LogP contribution in [0.25, 0.3) is 0 Å². The number of hydrogen-bond donors (Lipinski definition) is 1. The van der Waals surface area contributed by atoms with Crippen molar-refractivity contribution in [2.45, 2.75) is 18.0 Å². The van der Waals surface area contributed by atoms with E-state index in [1.54, 1.807) is 0 Å². The van der Waals surface area contributed by atoms with Crippen LogP contribution in [0.5, 0.6) is 0 Å². The average Bonchev–Trinajstić information content (AvgIpc) is 2.11. The highest BCUT2D eigenvalue weighted by Crippen LogP contribution is 2.34. The quantitative estimate of drug-likeness (QED) is 0.910. The molecule has 0 spiro atoms. The van der Waals surface area contributed by atoms with Crippen molar-refractivity contribution in [1.29, 1.82) is 0 Å². The summed E-state index contributed by atoms with van der Waals surface area (Å²) in [6.07, 6.45) is -4.37. The number of aryl methyl sites for hydroxylation is 1. The van der Waals surface area contributed by atoms with Crippen LogP contribution < -0.4 is 4.13 Å². The van der Waals surface area contributed by atoms with Gasteiger partial charge in [0.05, 0.1) is 16.7 Å². The summed E-state index contributed by atoms with van der Waals surface area (Å²) in [5.74, 6) is 0. The predicted molar refractivity (Wildman–Crippen MR) is 61.3 cm³/mol. The van der Waals surface area contributed by atoms with Crippen molar-refractivity contribution >= 4 is 20.0 Å². The standard InChI is InChI=1S/C9H10F3NO4S2/c1-6-3-4-7(9(10,11)12)8(5-6)19(16,17)13-18(2,14)15/h3-5,13H,1-2H3. The van der Waals surface area contributed by atoms with Gasteiger partial charge in [-0.2, -0.15) is 13.2 Å². The number of benzene rings is 1. The van der Waals surface area contributed by atoms with E-state index in [0.717, 1.165) is 12.1 Å². The maximum Gasteiger partial charge on any atom is 0.417 e. The minimum absolute atomic E-state index is 0.252. The molecule has 0 aliphatic carbocycles. The van der Waals surface area contributed by atoms with Crippen LogP contribution in [0, 0.1) is 6.92 Å². The van der Waals surface area contributed by atoms with Gasteiger partial charge in [0.2, 0.25) is 10.0 Å². The van der Waals surface area contributed by atoms with Crippen LogP contribution in [0.3, 0.4) is 0 Å². The van der Waals surface area contributed by atoms with E-state index in [2.05, 4.69) is 0 Å². The lowest BCUT2D eigenvalue weighted by Crippen LogP contribution is -2.31. The van der Waals surface area contributed by atoms with Crippen molar-refractivity contribution in [1.82, 2.24) is 4.13 Å². The summed E-state index contributed by atoms with van der Waals surface area (Å²) in [5, 5.41) is 0. The minimum atomic E-state index is -4.91. The third kappa shape index (κ3) is 4.18. The highest BCUT2D eigenvalue weighted by Gasteiger charge is 2.37. The van der Waals surface area contributed by atoms with E-state index in [1.807, 2.05) is 0 Å². The molecule has 0 saturated carbocycles. The Kier molecular flexibility index (Phi) is 3.99. The molecule has 1 N–H and O–H groups in total. The largest absolute Gasteiger partial charge is 0.417 e. The van der Waals surface area contributed by atoms with Crippen molar-refractivity contribution in [2.24, 2.45) is 0 Å². The lowest BCUT2D eigenvalue weighted by atomic mass is 10.1. The molecule has 108 valence electrons. The first-order valence-electron chi connectivity index (χ1n) is 4.74. The summed E-state index contributed by atoms with van der Waals surface area (Å²) in [6, 6.07) is 2.44. The van der Waals surface area contributed by atoms with Crippen molar-refractivity contribution in [3.8, 4) is 0 Å². The molecule has 0 aliphatic heterocycles. The van der Waals surface area contributed by atoms with Crippen LogP contribution in [-0.2, 0) is 26.2 Å². The van der Waals surface area contributed by atoms with Crippen LogP contribution in [0.4, 0.5) is 13.2 Å². The molecule has 10 heteroatoms. The zero-order valence-corrected chi connectivity index (χ0v) is 11.4. The summed E-state index contributed by atoms with van der Waals surface area (Å²) in [4.78, 5) is -1.12. The van der Waals surface area contributed by atoms with Gasteiger partial charge in [0, 0.05) is 0 Å². The number of rotatable bonds is 3. The maximum absolute atomic E-state index is 12.7. The fourth-order valence-electron chi connectivity index (χ4n) is 1.33. The van der Waals surface area contributed by atoms with Crippen molar-refractivity contribution in [3.05, 3.63) is 29.3 Å². The van der Waals surface area contributed by atoms with Gasteiger partial charge in [-0.1, -0.05) is 6.07 Å². The van der Waals surface area contributed by atoms with Gasteiger partial charge < -0.3 is 0 Å². The van der Waals surface area contributed by atoms with Gasteiger partial charge in [-0.25, -0.2) is 16.8 Å². The van der Waals surface area contributed by atoms with E-state index in [9.17, 15) is 30.0 Å². The van der Waals surface area contributed by atoms with Gasteiger partial charge in [0.15, 0.2) is 0 Å². The molecule has 0 aliphatic rings. The fraction of sp³-hybridized carbons (Fsp3) is 0.333. The smallest absolute Gasteiger partial charge is 0.212 e. The summed E-state index contributed by atoms with van der Waals surface area (Å²) in [5.41, 5.74) is -1.17. The molecular weight excluding hydrogens is 307 g/mol.